The average molecular weight is 382 g/mol. The highest BCUT2D eigenvalue weighted by molar-refractivity contribution is 5.48. The molecule has 0 bridgehead atoms. The number of benzene rings is 3. The van der Waals surface area contributed by atoms with Crippen LogP contribution in [0.4, 0.5) is 35.9 Å². The number of halogens is 3. The second kappa shape index (κ2) is 8.56. The molecule has 0 radical (unpaired) electrons. The van der Waals surface area contributed by atoms with Gasteiger partial charge in [0, 0.05) is 0 Å². The first kappa shape index (κ1) is 19.4. The van der Waals surface area contributed by atoms with Crippen molar-refractivity contribution in [2.24, 2.45) is 20.5 Å². The third-order valence-electron chi connectivity index (χ3n) is 3.95. The molecule has 0 aliphatic rings. The highest BCUT2D eigenvalue weighted by atomic mass is 19.4. The van der Waals surface area contributed by atoms with E-state index in [-0.39, 0.29) is 0 Å². The molecule has 0 N–H and O–H groups in total. The van der Waals surface area contributed by atoms with Crippen molar-refractivity contribution >= 4 is 22.7 Å². The van der Waals surface area contributed by atoms with Crippen molar-refractivity contribution in [3.63, 3.8) is 0 Å². The number of hydrogen-bond donors (Lipinski definition) is 0. The Morgan fingerprint density at radius 3 is 1.21 bits per heavy atom. The van der Waals surface area contributed by atoms with Gasteiger partial charge in [-0.15, -0.1) is 0 Å². The summed E-state index contributed by atoms with van der Waals surface area (Å²) in [7, 11) is 0. The molecule has 3 aromatic rings. The van der Waals surface area contributed by atoms with Gasteiger partial charge in [0.2, 0.25) is 0 Å². The molecule has 0 fully saturated rings. The number of azo groups is 2. The van der Waals surface area contributed by atoms with E-state index in [4.69, 9.17) is 0 Å². The highest BCUT2D eigenvalue weighted by Crippen LogP contribution is 2.31. The summed E-state index contributed by atoms with van der Waals surface area (Å²) in [6, 6.07) is 19.3. The van der Waals surface area contributed by atoms with E-state index < -0.39 is 11.7 Å². The van der Waals surface area contributed by atoms with Gasteiger partial charge in [0.15, 0.2) is 0 Å². The molecule has 3 rings (SSSR count). The molecule has 3 aromatic carbocycles. The van der Waals surface area contributed by atoms with Crippen molar-refractivity contribution in [3.05, 3.63) is 83.9 Å². The van der Waals surface area contributed by atoms with Crippen LogP contribution in [0, 0.1) is 0 Å². The van der Waals surface area contributed by atoms with E-state index >= 15 is 0 Å². The lowest BCUT2D eigenvalue weighted by Gasteiger charge is -2.05. The molecule has 0 saturated carbocycles. The van der Waals surface area contributed by atoms with E-state index in [0.717, 1.165) is 24.2 Å². The third-order valence-corrected chi connectivity index (χ3v) is 3.95. The highest BCUT2D eigenvalue weighted by Gasteiger charge is 2.29. The summed E-state index contributed by atoms with van der Waals surface area (Å²) >= 11 is 0. The Morgan fingerprint density at radius 1 is 0.571 bits per heavy atom. The van der Waals surface area contributed by atoms with Crippen LogP contribution >= 0.6 is 0 Å². The summed E-state index contributed by atoms with van der Waals surface area (Å²) in [4.78, 5) is 0. The van der Waals surface area contributed by atoms with Gasteiger partial charge in [0.05, 0.1) is 28.3 Å². The number of hydrogen-bond acceptors (Lipinski definition) is 4. The van der Waals surface area contributed by atoms with E-state index in [1.807, 2.05) is 24.3 Å². The third kappa shape index (κ3) is 5.33. The first-order chi connectivity index (χ1) is 13.4. The Balaban J connectivity index is 1.63. The normalized spacial score (nSPS) is 12.1. The topological polar surface area (TPSA) is 49.4 Å². The minimum atomic E-state index is -4.36. The molecule has 7 heteroatoms. The molecular formula is C21H17F3N4. The lowest BCUT2D eigenvalue weighted by molar-refractivity contribution is -0.137. The van der Waals surface area contributed by atoms with Crippen molar-refractivity contribution in [3.8, 4) is 0 Å². The zero-order chi connectivity index (χ0) is 20.0. The summed E-state index contributed by atoms with van der Waals surface area (Å²) in [5.74, 6) is 0. The number of alkyl halides is 3. The summed E-state index contributed by atoms with van der Waals surface area (Å²) < 4.78 is 37.6. The quantitative estimate of drug-likeness (QED) is 0.400. The van der Waals surface area contributed by atoms with Crippen LogP contribution in [0.2, 0.25) is 0 Å². The second-order valence-corrected chi connectivity index (χ2v) is 5.98. The zero-order valence-corrected chi connectivity index (χ0v) is 15.1. The molecule has 0 amide bonds. The first-order valence-electron chi connectivity index (χ1n) is 8.64. The molecule has 0 saturated heterocycles. The maximum Gasteiger partial charge on any atom is 0.416 e. The summed E-state index contributed by atoms with van der Waals surface area (Å²) in [5, 5.41) is 16.3. The van der Waals surface area contributed by atoms with Crippen molar-refractivity contribution in [2.75, 3.05) is 0 Å². The van der Waals surface area contributed by atoms with Crippen molar-refractivity contribution < 1.29 is 13.2 Å². The molecule has 28 heavy (non-hydrogen) atoms. The molecule has 0 spiro atoms. The van der Waals surface area contributed by atoms with Crippen LogP contribution in [0.1, 0.15) is 18.1 Å². The van der Waals surface area contributed by atoms with E-state index in [1.165, 1.54) is 17.7 Å². The van der Waals surface area contributed by atoms with Gasteiger partial charge in [-0.25, -0.2) is 0 Å². The maximum absolute atomic E-state index is 12.5. The van der Waals surface area contributed by atoms with Crippen LogP contribution in [0.25, 0.3) is 0 Å². The van der Waals surface area contributed by atoms with Gasteiger partial charge in [-0.2, -0.15) is 33.6 Å². The largest absolute Gasteiger partial charge is 0.416 e. The standard InChI is InChI=1S/C21H17F3N4/c1-2-15-3-7-17(8-4-15)25-27-19-11-13-20(14-12-19)28-26-18-9-5-16(6-10-18)21(22,23)24/h3-14H,2H2,1H3. The monoisotopic (exact) mass is 382 g/mol. The Hall–Kier alpha value is -3.35. The molecule has 0 heterocycles. The minimum absolute atomic E-state index is 0.340. The van der Waals surface area contributed by atoms with Crippen LogP contribution < -0.4 is 0 Å². The molecule has 142 valence electrons. The molecule has 0 aromatic heterocycles. The second-order valence-electron chi connectivity index (χ2n) is 5.98. The average Bonchev–Trinajstić information content (AvgIpc) is 2.71. The molecule has 0 atom stereocenters. The van der Waals surface area contributed by atoms with Crippen LogP contribution in [-0.2, 0) is 12.6 Å². The Morgan fingerprint density at radius 2 is 0.893 bits per heavy atom. The zero-order valence-electron chi connectivity index (χ0n) is 15.1. The van der Waals surface area contributed by atoms with Crippen LogP contribution in [0.3, 0.4) is 0 Å². The molecular weight excluding hydrogens is 365 g/mol. The van der Waals surface area contributed by atoms with Crippen molar-refractivity contribution in [1.82, 2.24) is 0 Å². The summed E-state index contributed by atoms with van der Waals surface area (Å²) in [6.07, 6.45) is -3.39. The summed E-state index contributed by atoms with van der Waals surface area (Å²) in [5.41, 5.74) is 2.85. The van der Waals surface area contributed by atoms with Gasteiger partial charge < -0.3 is 0 Å². The van der Waals surface area contributed by atoms with E-state index in [9.17, 15) is 13.2 Å². The SMILES string of the molecule is CCc1ccc(N=Nc2ccc(N=Nc3ccc(C(F)(F)F)cc3)cc2)cc1. The van der Waals surface area contributed by atoms with Gasteiger partial charge >= 0.3 is 6.18 Å². The van der Waals surface area contributed by atoms with Crippen molar-refractivity contribution in [1.29, 1.82) is 0 Å². The van der Waals surface area contributed by atoms with Gasteiger partial charge in [0.25, 0.3) is 0 Å². The molecule has 0 unspecified atom stereocenters. The molecule has 0 aliphatic carbocycles. The first-order valence-corrected chi connectivity index (χ1v) is 8.64. The van der Waals surface area contributed by atoms with Gasteiger partial charge in [-0.1, -0.05) is 19.1 Å². The fourth-order valence-electron chi connectivity index (χ4n) is 2.33. The lowest BCUT2D eigenvalue weighted by Crippen LogP contribution is -2.03. The maximum atomic E-state index is 12.5. The summed E-state index contributed by atoms with van der Waals surface area (Å²) in [6.45, 7) is 2.09. The van der Waals surface area contributed by atoms with Crippen LogP contribution in [0.5, 0.6) is 0 Å². The number of aryl methyl sites for hydroxylation is 1. The van der Waals surface area contributed by atoms with Gasteiger partial charge in [-0.3, -0.25) is 0 Å². The van der Waals surface area contributed by atoms with E-state index in [2.05, 4.69) is 27.4 Å². The van der Waals surface area contributed by atoms with Gasteiger partial charge in [0.1, 0.15) is 0 Å². The predicted molar refractivity (Wildman–Crippen MR) is 102 cm³/mol. The van der Waals surface area contributed by atoms with Crippen LogP contribution in [-0.4, -0.2) is 0 Å². The Bertz CT molecular complexity index is 959. The van der Waals surface area contributed by atoms with Crippen molar-refractivity contribution in [2.45, 2.75) is 19.5 Å². The molecule has 0 aliphatic heterocycles. The fraction of sp³-hybridized carbons (Fsp3) is 0.143. The van der Waals surface area contributed by atoms with Crippen LogP contribution in [0.15, 0.2) is 93.3 Å². The predicted octanol–water partition coefficient (Wildman–Crippen LogP) is 8.10. The smallest absolute Gasteiger partial charge is 0.166 e. The molecule has 4 nitrogen and oxygen atoms in total. The fourth-order valence-corrected chi connectivity index (χ4v) is 2.33. The van der Waals surface area contributed by atoms with E-state index in [1.54, 1.807) is 24.3 Å². The number of nitrogens with zero attached hydrogens (tertiary/aromatic N) is 4. The van der Waals surface area contributed by atoms with E-state index in [0.29, 0.717) is 17.1 Å². The minimum Gasteiger partial charge on any atom is -0.166 e. The Kier molecular flexibility index (Phi) is 5.93. The van der Waals surface area contributed by atoms with Gasteiger partial charge in [-0.05, 0) is 72.6 Å². The lowest BCUT2D eigenvalue weighted by atomic mass is 10.2. The Labute approximate surface area is 160 Å². The number of rotatable bonds is 5.